The fraction of sp³-hybridized carbons (Fsp3) is 0.391. The fourth-order valence-electron chi connectivity index (χ4n) is 4.12. The molecule has 0 spiro atoms. The summed E-state index contributed by atoms with van der Waals surface area (Å²) in [5, 5.41) is 2.79. The summed E-state index contributed by atoms with van der Waals surface area (Å²) in [6, 6.07) is 13.3. The second kappa shape index (κ2) is 9.80. The molecule has 0 radical (unpaired) electrons. The molecule has 1 fully saturated rings. The molecule has 2 aliphatic heterocycles. The first-order valence-corrected chi connectivity index (χ1v) is 12.5. The lowest BCUT2D eigenvalue weighted by molar-refractivity contribution is -0.125. The molecule has 2 aromatic rings. The van der Waals surface area contributed by atoms with Gasteiger partial charge >= 0.3 is 0 Å². The molecule has 1 saturated heterocycles. The number of primary amides is 1. The number of carbonyl (C=O) groups excluding carboxylic acids is 2. The van der Waals surface area contributed by atoms with Crippen LogP contribution < -0.4 is 20.7 Å². The van der Waals surface area contributed by atoms with Gasteiger partial charge in [-0.05, 0) is 49.2 Å². The van der Waals surface area contributed by atoms with Crippen LogP contribution in [0.1, 0.15) is 25.7 Å². The number of hydrogen-bond donors (Lipinski definition) is 2. The number of nitrogens with two attached hydrogens (primary N) is 1. The molecule has 2 aromatic carbocycles. The van der Waals surface area contributed by atoms with Crippen molar-refractivity contribution in [2.75, 3.05) is 36.4 Å². The summed E-state index contributed by atoms with van der Waals surface area (Å²) in [5.41, 5.74) is 6.60. The molecule has 33 heavy (non-hydrogen) atoms. The van der Waals surface area contributed by atoms with Crippen LogP contribution >= 0.6 is 0 Å². The fourth-order valence-corrected chi connectivity index (χ4v) is 5.64. The number of nitrogens with one attached hydrogen (secondary N) is 1. The number of carbonyl (C=O) groups is 2. The third-order valence-corrected chi connectivity index (χ3v) is 7.77. The van der Waals surface area contributed by atoms with Gasteiger partial charge in [0, 0.05) is 18.8 Å². The average Bonchev–Trinajstić information content (AvgIpc) is 3.09. The lowest BCUT2D eigenvalue weighted by Crippen LogP contribution is -2.49. The Morgan fingerprint density at radius 1 is 1.00 bits per heavy atom. The van der Waals surface area contributed by atoms with Crippen LogP contribution in [-0.4, -0.2) is 56.8 Å². The normalized spacial score (nSPS) is 19.2. The molecule has 1 atom stereocenters. The van der Waals surface area contributed by atoms with E-state index in [-0.39, 0.29) is 23.9 Å². The highest BCUT2D eigenvalue weighted by molar-refractivity contribution is 7.89. The Bertz CT molecular complexity index is 1110. The molecule has 0 saturated carbocycles. The number of ether oxygens (including phenoxy) is 1. The van der Waals surface area contributed by atoms with Gasteiger partial charge in [0.25, 0.3) is 5.91 Å². The zero-order valence-corrected chi connectivity index (χ0v) is 19.1. The minimum atomic E-state index is -3.55. The Hall–Kier alpha value is -3.11. The zero-order valence-electron chi connectivity index (χ0n) is 18.3. The predicted molar refractivity (Wildman–Crippen MR) is 125 cm³/mol. The minimum absolute atomic E-state index is 0.0159. The highest BCUT2D eigenvalue weighted by Crippen LogP contribution is 2.33. The number of hydrogen-bond acceptors (Lipinski definition) is 6. The van der Waals surface area contributed by atoms with E-state index in [2.05, 4.69) is 5.32 Å². The van der Waals surface area contributed by atoms with Crippen molar-refractivity contribution in [3.63, 3.8) is 0 Å². The molecule has 9 nitrogen and oxygen atoms in total. The highest BCUT2D eigenvalue weighted by Gasteiger charge is 2.30. The van der Waals surface area contributed by atoms with E-state index in [1.54, 1.807) is 33.5 Å². The number of fused-ring (bicyclic) bond motifs is 1. The van der Waals surface area contributed by atoms with Crippen molar-refractivity contribution >= 4 is 33.2 Å². The monoisotopic (exact) mass is 472 g/mol. The summed E-state index contributed by atoms with van der Waals surface area (Å²) < 4.78 is 33.0. The molecule has 2 heterocycles. The molecular weight excluding hydrogens is 444 g/mol. The predicted octanol–water partition coefficient (Wildman–Crippen LogP) is 1.94. The number of para-hydroxylation sites is 2. The van der Waals surface area contributed by atoms with Crippen LogP contribution in [0.5, 0.6) is 5.75 Å². The number of anilines is 2. The molecule has 2 amide bonds. The Kier molecular flexibility index (Phi) is 6.85. The van der Waals surface area contributed by atoms with Crippen LogP contribution in [-0.2, 0) is 19.6 Å². The summed E-state index contributed by atoms with van der Waals surface area (Å²) in [6.07, 6.45) is 2.98. The maximum absolute atomic E-state index is 12.9. The van der Waals surface area contributed by atoms with E-state index >= 15 is 0 Å². The van der Waals surface area contributed by atoms with E-state index in [0.29, 0.717) is 30.2 Å². The molecule has 176 valence electrons. The first-order chi connectivity index (χ1) is 15.8. The standard InChI is InChI=1S/C23H28N4O5S/c24-23(29)21-15-26(19-7-3-4-8-20(19)32-21)16-22(28)25-17-9-11-18(12-10-17)33(30,31)27-13-5-1-2-6-14-27/h3-4,7-12,21H,1-2,5-6,13-16H2,(H2,24,29)(H,25,28). The lowest BCUT2D eigenvalue weighted by atomic mass is 10.1. The topological polar surface area (TPSA) is 122 Å². The Balaban J connectivity index is 1.42. The second-order valence-corrected chi connectivity index (χ2v) is 10.2. The summed E-state index contributed by atoms with van der Waals surface area (Å²) >= 11 is 0. The van der Waals surface area contributed by atoms with Crippen LogP contribution in [0.3, 0.4) is 0 Å². The summed E-state index contributed by atoms with van der Waals surface area (Å²) in [7, 11) is -3.55. The van der Waals surface area contributed by atoms with Gasteiger partial charge in [0.1, 0.15) is 5.75 Å². The molecule has 4 rings (SSSR count). The number of nitrogens with zero attached hydrogens (tertiary/aromatic N) is 2. The second-order valence-electron chi connectivity index (χ2n) is 8.25. The average molecular weight is 473 g/mol. The number of benzene rings is 2. The van der Waals surface area contributed by atoms with Crippen molar-refractivity contribution in [3.8, 4) is 5.75 Å². The van der Waals surface area contributed by atoms with Gasteiger partial charge in [0.2, 0.25) is 15.9 Å². The smallest absolute Gasteiger partial charge is 0.260 e. The molecule has 0 aromatic heterocycles. The van der Waals surface area contributed by atoms with Gasteiger partial charge in [0.05, 0.1) is 23.7 Å². The van der Waals surface area contributed by atoms with Crippen molar-refractivity contribution in [2.45, 2.75) is 36.7 Å². The van der Waals surface area contributed by atoms with Crippen LogP contribution in [0.2, 0.25) is 0 Å². The number of amides is 2. The Labute approximate surface area is 193 Å². The number of sulfonamides is 1. The molecule has 3 N–H and O–H groups in total. The molecule has 10 heteroatoms. The molecule has 2 aliphatic rings. The van der Waals surface area contributed by atoms with Gasteiger partial charge in [-0.1, -0.05) is 25.0 Å². The lowest BCUT2D eigenvalue weighted by Gasteiger charge is -2.34. The highest BCUT2D eigenvalue weighted by atomic mass is 32.2. The van der Waals surface area contributed by atoms with Crippen LogP contribution in [0.25, 0.3) is 0 Å². The van der Waals surface area contributed by atoms with Crippen molar-refractivity contribution in [1.82, 2.24) is 4.31 Å². The third kappa shape index (κ3) is 5.28. The van der Waals surface area contributed by atoms with Crippen LogP contribution in [0.4, 0.5) is 11.4 Å². The van der Waals surface area contributed by atoms with Gasteiger partial charge in [-0.25, -0.2) is 8.42 Å². The molecule has 1 unspecified atom stereocenters. The minimum Gasteiger partial charge on any atom is -0.477 e. The van der Waals surface area contributed by atoms with Crippen molar-refractivity contribution in [1.29, 1.82) is 0 Å². The van der Waals surface area contributed by atoms with Gasteiger partial charge in [-0.2, -0.15) is 4.31 Å². The Morgan fingerprint density at radius 2 is 1.67 bits per heavy atom. The van der Waals surface area contributed by atoms with Crippen LogP contribution in [0.15, 0.2) is 53.4 Å². The first kappa shape index (κ1) is 23.1. The van der Waals surface area contributed by atoms with Crippen molar-refractivity contribution < 1.29 is 22.7 Å². The third-order valence-electron chi connectivity index (χ3n) is 5.85. The van der Waals surface area contributed by atoms with E-state index < -0.39 is 22.0 Å². The van der Waals surface area contributed by atoms with E-state index in [4.69, 9.17) is 10.5 Å². The maximum Gasteiger partial charge on any atom is 0.260 e. The van der Waals surface area contributed by atoms with Gasteiger partial charge in [-0.15, -0.1) is 0 Å². The molecule has 0 aliphatic carbocycles. The van der Waals surface area contributed by atoms with Gasteiger partial charge < -0.3 is 20.7 Å². The van der Waals surface area contributed by atoms with Crippen molar-refractivity contribution in [3.05, 3.63) is 48.5 Å². The van der Waals surface area contributed by atoms with Crippen LogP contribution in [0, 0.1) is 0 Å². The summed E-state index contributed by atoms with van der Waals surface area (Å²) in [4.78, 5) is 26.3. The SMILES string of the molecule is NC(=O)C1CN(CC(=O)Nc2ccc(S(=O)(=O)N3CCCCCC3)cc2)c2ccccc2O1. The first-order valence-electron chi connectivity index (χ1n) is 11.0. The summed E-state index contributed by atoms with van der Waals surface area (Å²) in [6.45, 7) is 1.22. The van der Waals surface area contributed by atoms with Gasteiger partial charge in [0.15, 0.2) is 6.10 Å². The maximum atomic E-state index is 12.9. The van der Waals surface area contributed by atoms with E-state index in [1.165, 1.54) is 12.1 Å². The number of rotatable bonds is 6. The Morgan fingerprint density at radius 3 is 2.33 bits per heavy atom. The van der Waals surface area contributed by atoms with Crippen molar-refractivity contribution in [2.24, 2.45) is 5.73 Å². The largest absolute Gasteiger partial charge is 0.477 e. The van der Waals surface area contributed by atoms with Gasteiger partial charge in [-0.3, -0.25) is 9.59 Å². The molecular formula is C23H28N4O5S. The van der Waals surface area contributed by atoms with E-state index in [0.717, 1.165) is 25.7 Å². The molecule has 0 bridgehead atoms. The summed E-state index contributed by atoms with van der Waals surface area (Å²) in [5.74, 6) is -0.419. The zero-order chi connectivity index (χ0) is 23.4. The van der Waals surface area contributed by atoms with E-state index in [1.807, 2.05) is 12.1 Å². The quantitative estimate of drug-likeness (QED) is 0.663. The van der Waals surface area contributed by atoms with E-state index in [9.17, 15) is 18.0 Å².